The maximum absolute atomic E-state index is 12.8. The highest BCUT2D eigenvalue weighted by molar-refractivity contribution is 7.90. The number of hydrogen-bond donors (Lipinski definition) is 3. The Hall–Kier alpha value is -3.66. The zero-order chi connectivity index (χ0) is 25.4. The molecule has 0 bridgehead atoms. The van der Waals surface area contributed by atoms with Crippen molar-refractivity contribution in [3.05, 3.63) is 60.3 Å². The molecule has 0 aliphatic heterocycles. The number of quaternary nitrogens is 2. The van der Waals surface area contributed by atoms with Gasteiger partial charge in [0.2, 0.25) is 0 Å². The predicted molar refractivity (Wildman–Crippen MR) is 119 cm³/mol. The van der Waals surface area contributed by atoms with Crippen LogP contribution in [0, 0.1) is 0 Å². The number of aromatic nitrogens is 1. The molecule has 0 aliphatic carbocycles. The first kappa shape index (κ1) is 33.5. The first-order valence-corrected chi connectivity index (χ1v) is 10.3. The molecule has 1 heterocycles. The van der Waals surface area contributed by atoms with E-state index in [0.29, 0.717) is 11.3 Å². The summed E-state index contributed by atoms with van der Waals surface area (Å²) in [4.78, 5) is 17.9. The molecule has 2 aromatic carbocycles. The highest BCUT2D eigenvalue weighted by Gasteiger charge is 2.28. The van der Waals surface area contributed by atoms with Crippen molar-refractivity contribution in [1.29, 1.82) is 0 Å². The van der Waals surface area contributed by atoms with Crippen molar-refractivity contribution < 1.29 is 46.1 Å². The summed E-state index contributed by atoms with van der Waals surface area (Å²) in [5, 5.41) is 18.5. The van der Waals surface area contributed by atoms with Crippen LogP contribution in [0.3, 0.4) is 0 Å². The van der Waals surface area contributed by atoms with E-state index in [-0.39, 0.29) is 23.7 Å². The Morgan fingerprint density at radius 3 is 1.91 bits per heavy atom. The first-order chi connectivity index (χ1) is 15.3. The molecule has 196 valence electrons. The van der Waals surface area contributed by atoms with E-state index < -0.39 is 28.1 Å². The van der Waals surface area contributed by atoms with Gasteiger partial charge >= 0.3 is 6.18 Å². The van der Waals surface area contributed by atoms with Crippen LogP contribution in [-0.4, -0.2) is 37.6 Å². The zero-order valence-electron chi connectivity index (χ0n) is 19.3. The number of aliphatic carboxylic acids is 2. The summed E-state index contributed by atoms with van der Waals surface area (Å²) >= 11 is 0. The molecular formula is C20H27F3N4O7S. The van der Waals surface area contributed by atoms with Crippen LogP contribution in [0.2, 0.25) is 0 Å². The topological polar surface area (TPSA) is 228 Å². The second kappa shape index (κ2) is 13.9. The number of ether oxygens (including phenoxy) is 1. The Morgan fingerprint density at radius 2 is 1.51 bits per heavy atom. The number of nitrogens with zero attached hydrogens (tertiary/aromatic N) is 1. The molecule has 0 saturated carbocycles. The van der Waals surface area contributed by atoms with Crippen molar-refractivity contribution >= 4 is 32.9 Å². The number of carboxylic acids is 2. The Kier molecular flexibility index (Phi) is 13.3. The number of nitrogens with two attached hydrogens (primary N) is 1. The average Bonchev–Trinajstić information content (AvgIpc) is 3.18. The van der Waals surface area contributed by atoms with Gasteiger partial charge in [0.25, 0.3) is 10.0 Å². The molecular weight excluding hydrogens is 497 g/mol. The van der Waals surface area contributed by atoms with Crippen LogP contribution in [0.4, 0.5) is 13.2 Å². The van der Waals surface area contributed by atoms with Crippen LogP contribution in [0.25, 0.3) is 10.9 Å². The second-order valence-electron chi connectivity index (χ2n) is 6.09. The van der Waals surface area contributed by atoms with Gasteiger partial charge in [0.05, 0.1) is 17.5 Å². The number of alkyl halides is 3. The molecule has 0 unspecified atom stereocenters. The molecule has 0 amide bonds. The van der Waals surface area contributed by atoms with E-state index in [4.69, 9.17) is 30.3 Å². The molecule has 3 rings (SSSR count). The predicted octanol–water partition coefficient (Wildman–Crippen LogP) is 1.15. The second-order valence-corrected chi connectivity index (χ2v) is 7.90. The fourth-order valence-corrected chi connectivity index (χ4v) is 3.92. The number of fused-ring (bicyclic) bond motifs is 1. The highest BCUT2D eigenvalue weighted by Crippen LogP contribution is 2.30. The van der Waals surface area contributed by atoms with Gasteiger partial charge in [0, 0.05) is 29.7 Å². The minimum atomic E-state index is -5.19. The van der Waals surface area contributed by atoms with E-state index >= 15 is 0 Å². The molecule has 15 heteroatoms. The number of hydrogen-bond acceptors (Lipinski definition) is 8. The number of carboxylic acid groups (broad SMARTS) is 2. The van der Waals surface area contributed by atoms with E-state index in [9.17, 15) is 21.6 Å². The summed E-state index contributed by atoms with van der Waals surface area (Å²) in [7, 11) is -2.06. The zero-order valence-corrected chi connectivity index (χ0v) is 20.1. The standard InChI is InChI=1S/C16H16N2O3S.C2HF3O2.C2H4O2.2H3N/c1-21-16-8-7-15-13(14(16)11-17)9-10-18(15)22(19,20)12-5-3-2-4-6-12;3-2(4,5)1(6)7;1-2(3)4;;/h2-10H,11,17H2,1H3;(H,6,7);1H3,(H,3,4);2*1H3. The van der Waals surface area contributed by atoms with Gasteiger partial charge in [-0.15, -0.1) is 0 Å². The van der Waals surface area contributed by atoms with E-state index in [1.807, 2.05) is 0 Å². The molecule has 0 saturated heterocycles. The lowest BCUT2D eigenvalue weighted by Crippen LogP contribution is -2.37. The number of carbonyl (C=O) groups excluding carboxylic acids is 2. The smallest absolute Gasteiger partial charge is 0.430 e. The highest BCUT2D eigenvalue weighted by atomic mass is 32.2. The minimum absolute atomic E-state index is 0. The van der Waals surface area contributed by atoms with Crippen molar-refractivity contribution in [2.75, 3.05) is 7.11 Å². The van der Waals surface area contributed by atoms with Gasteiger partial charge in [-0.25, -0.2) is 12.4 Å². The first-order valence-electron chi connectivity index (χ1n) is 8.90. The van der Waals surface area contributed by atoms with Crippen LogP contribution in [0.5, 0.6) is 5.75 Å². The average molecular weight is 525 g/mol. The van der Waals surface area contributed by atoms with Crippen molar-refractivity contribution in [3.8, 4) is 5.75 Å². The minimum Gasteiger partial charge on any atom is -0.550 e. The van der Waals surface area contributed by atoms with E-state index in [1.54, 1.807) is 61.8 Å². The maximum atomic E-state index is 12.8. The number of rotatable bonds is 4. The summed E-state index contributed by atoms with van der Waals surface area (Å²) in [5.74, 6) is -3.43. The third-order valence-electron chi connectivity index (χ3n) is 3.86. The largest absolute Gasteiger partial charge is 0.550 e. The van der Waals surface area contributed by atoms with Crippen LogP contribution >= 0.6 is 0 Å². The summed E-state index contributed by atoms with van der Waals surface area (Å²) in [6, 6.07) is 13.6. The van der Waals surface area contributed by atoms with Gasteiger partial charge in [-0.2, -0.15) is 13.2 Å². The summed E-state index contributed by atoms with van der Waals surface area (Å²) < 4.78 is 63.6. The Bertz CT molecular complexity index is 1210. The molecule has 0 atom stereocenters. The van der Waals surface area contributed by atoms with E-state index in [2.05, 4.69) is 0 Å². The summed E-state index contributed by atoms with van der Waals surface area (Å²) in [5.41, 5.74) is 7.16. The van der Waals surface area contributed by atoms with Crippen molar-refractivity contribution in [2.45, 2.75) is 24.5 Å². The molecule has 0 radical (unpaired) electrons. The summed E-state index contributed by atoms with van der Waals surface area (Å²) in [6.45, 7) is 1.25. The maximum Gasteiger partial charge on any atom is 0.430 e. The lowest BCUT2D eigenvalue weighted by Gasteiger charge is -2.10. The van der Waals surface area contributed by atoms with Gasteiger partial charge in [-0.05, 0) is 37.3 Å². The SMILES string of the molecule is CC(=O)[O-].COc1ccc2c(ccn2S(=O)(=O)c2ccccc2)c1CN.O=C([O-])C(F)(F)F.[NH4+].[NH4+]. The molecule has 1 aromatic heterocycles. The number of benzene rings is 2. The Labute approximate surface area is 199 Å². The lowest BCUT2D eigenvalue weighted by atomic mass is 10.1. The third-order valence-corrected chi connectivity index (χ3v) is 5.56. The molecule has 0 fully saturated rings. The molecule has 35 heavy (non-hydrogen) atoms. The Morgan fingerprint density at radius 1 is 1.03 bits per heavy atom. The van der Waals surface area contributed by atoms with Crippen molar-refractivity contribution in [3.63, 3.8) is 0 Å². The van der Waals surface area contributed by atoms with Crippen LogP contribution in [0.1, 0.15) is 12.5 Å². The molecule has 3 aromatic rings. The third kappa shape index (κ3) is 8.90. The molecule has 0 aliphatic rings. The Balaban J connectivity index is 0. The van der Waals surface area contributed by atoms with Gasteiger partial charge in [0.15, 0.2) is 0 Å². The van der Waals surface area contributed by atoms with Gasteiger partial charge in [-0.3, -0.25) is 0 Å². The monoisotopic (exact) mass is 524 g/mol. The van der Waals surface area contributed by atoms with E-state index in [0.717, 1.165) is 17.9 Å². The molecule has 11 nitrogen and oxygen atoms in total. The molecule has 10 N–H and O–H groups in total. The normalized spacial score (nSPS) is 10.3. The quantitative estimate of drug-likeness (QED) is 0.447. The lowest BCUT2D eigenvalue weighted by molar-refractivity contribution is -0.344. The fourth-order valence-electron chi connectivity index (χ4n) is 2.55. The van der Waals surface area contributed by atoms with Crippen LogP contribution in [-0.2, 0) is 26.2 Å². The van der Waals surface area contributed by atoms with Crippen molar-refractivity contribution in [1.82, 2.24) is 16.3 Å². The van der Waals surface area contributed by atoms with Crippen LogP contribution < -0.4 is 33.0 Å². The fraction of sp³-hybridized carbons (Fsp3) is 0.200. The summed E-state index contributed by atoms with van der Waals surface area (Å²) in [6.07, 6.45) is -3.65. The van der Waals surface area contributed by atoms with Gasteiger partial charge in [0.1, 0.15) is 11.7 Å². The van der Waals surface area contributed by atoms with E-state index in [1.165, 1.54) is 3.97 Å². The number of carbonyl (C=O) groups is 2. The van der Waals surface area contributed by atoms with Gasteiger partial charge in [-0.1, -0.05) is 18.2 Å². The van der Waals surface area contributed by atoms with Gasteiger partial charge < -0.3 is 42.6 Å². The molecule has 0 spiro atoms. The number of methoxy groups -OCH3 is 1. The van der Waals surface area contributed by atoms with Crippen molar-refractivity contribution in [2.24, 2.45) is 5.73 Å². The number of halogens is 3. The van der Waals surface area contributed by atoms with Crippen LogP contribution in [0.15, 0.2) is 59.6 Å².